The number of benzene rings is 1. The lowest BCUT2D eigenvalue weighted by molar-refractivity contribution is -0.134. The van der Waals surface area contributed by atoms with Crippen LogP contribution in [0.2, 0.25) is 0 Å². The smallest absolute Gasteiger partial charge is 0.352 e. The van der Waals surface area contributed by atoms with Gasteiger partial charge < -0.3 is 10.0 Å². The van der Waals surface area contributed by atoms with Crippen LogP contribution in [-0.2, 0) is 11.3 Å². The molecule has 78 valence electrons. The lowest BCUT2D eigenvalue weighted by Gasteiger charge is -2.18. The van der Waals surface area contributed by atoms with Crippen LogP contribution in [0.3, 0.4) is 0 Å². The van der Waals surface area contributed by atoms with Crippen LogP contribution in [-0.4, -0.2) is 21.9 Å². The molecule has 0 amide bonds. The van der Waals surface area contributed by atoms with Gasteiger partial charge in [-0.05, 0) is 5.56 Å². The van der Waals surface area contributed by atoms with Gasteiger partial charge in [0.05, 0.1) is 5.88 Å². The third-order valence-corrected chi connectivity index (χ3v) is 3.05. The van der Waals surface area contributed by atoms with E-state index in [9.17, 15) is 4.79 Å². The first-order valence-corrected chi connectivity index (χ1v) is 5.66. The van der Waals surface area contributed by atoms with Crippen molar-refractivity contribution in [2.75, 3.05) is 5.88 Å². The Labute approximate surface area is 92.4 Å². The van der Waals surface area contributed by atoms with Gasteiger partial charge in [-0.3, -0.25) is 0 Å². The second kappa shape index (κ2) is 4.40. The van der Waals surface area contributed by atoms with Crippen molar-refractivity contribution in [3.63, 3.8) is 0 Å². The van der Waals surface area contributed by atoms with Gasteiger partial charge in [0.25, 0.3) is 0 Å². The molecule has 15 heavy (non-hydrogen) atoms. The lowest BCUT2D eigenvalue weighted by atomic mass is 10.2. The average molecular weight is 221 g/mol. The molecule has 4 heteroatoms. The summed E-state index contributed by atoms with van der Waals surface area (Å²) in [6.45, 7) is 0.659. The second-order valence-electron chi connectivity index (χ2n) is 3.29. The number of nitrogens with zero attached hydrogens (tertiary/aromatic N) is 1. The zero-order valence-corrected chi connectivity index (χ0v) is 8.91. The van der Waals surface area contributed by atoms with E-state index in [0.717, 1.165) is 11.4 Å². The van der Waals surface area contributed by atoms with Gasteiger partial charge >= 0.3 is 5.97 Å². The minimum absolute atomic E-state index is 0.392. The number of hydrogen-bond donors (Lipinski definition) is 1. The Morgan fingerprint density at radius 2 is 2.13 bits per heavy atom. The molecule has 1 aromatic carbocycles. The van der Waals surface area contributed by atoms with E-state index in [-0.39, 0.29) is 0 Å². The summed E-state index contributed by atoms with van der Waals surface area (Å²) in [6.07, 6.45) is 0. The van der Waals surface area contributed by atoms with Crippen molar-refractivity contribution in [2.45, 2.75) is 6.54 Å². The van der Waals surface area contributed by atoms with Crippen molar-refractivity contribution >= 4 is 17.7 Å². The van der Waals surface area contributed by atoms with Crippen molar-refractivity contribution in [1.29, 1.82) is 0 Å². The summed E-state index contributed by atoms with van der Waals surface area (Å²) in [5.41, 5.74) is 1.52. The maximum atomic E-state index is 10.9. The monoisotopic (exact) mass is 221 g/mol. The minimum atomic E-state index is -0.851. The maximum Gasteiger partial charge on any atom is 0.352 e. The quantitative estimate of drug-likeness (QED) is 0.848. The van der Waals surface area contributed by atoms with Crippen LogP contribution in [0.5, 0.6) is 0 Å². The minimum Gasteiger partial charge on any atom is -0.477 e. The van der Waals surface area contributed by atoms with E-state index in [1.165, 1.54) is 11.8 Å². The Morgan fingerprint density at radius 3 is 2.80 bits per heavy atom. The van der Waals surface area contributed by atoms with Crippen LogP contribution >= 0.6 is 11.8 Å². The number of hydrogen-bond acceptors (Lipinski definition) is 3. The predicted octanol–water partition coefficient (Wildman–Crippen LogP) is 2.12. The lowest BCUT2D eigenvalue weighted by Crippen LogP contribution is -2.23. The van der Waals surface area contributed by atoms with Crippen LogP contribution in [0.4, 0.5) is 0 Å². The third kappa shape index (κ3) is 2.33. The number of aliphatic carboxylic acids is 1. The van der Waals surface area contributed by atoms with E-state index in [1.54, 1.807) is 5.41 Å². The molecule has 0 unspecified atom stereocenters. The molecule has 0 fully saturated rings. The van der Waals surface area contributed by atoms with Gasteiger partial charge in [0.15, 0.2) is 0 Å². The SMILES string of the molecule is O=C(O)C1=CSCN1Cc1ccccc1. The zero-order chi connectivity index (χ0) is 10.7. The number of thioether (sulfide) groups is 1. The van der Waals surface area contributed by atoms with Gasteiger partial charge in [0, 0.05) is 12.0 Å². The topological polar surface area (TPSA) is 40.5 Å². The second-order valence-corrected chi connectivity index (χ2v) is 4.11. The van der Waals surface area contributed by atoms with E-state index < -0.39 is 5.97 Å². The van der Waals surface area contributed by atoms with E-state index in [2.05, 4.69) is 0 Å². The van der Waals surface area contributed by atoms with Crippen molar-refractivity contribution in [3.05, 3.63) is 47.0 Å². The standard InChI is InChI=1S/C11H11NO2S/c13-11(14)10-7-15-8-12(10)6-9-4-2-1-3-5-9/h1-5,7H,6,8H2,(H,13,14). The molecule has 0 aromatic heterocycles. The molecule has 0 saturated carbocycles. The molecule has 1 aromatic rings. The summed E-state index contributed by atoms with van der Waals surface area (Å²) in [5.74, 6) is -0.132. The Kier molecular flexibility index (Phi) is 2.97. The van der Waals surface area contributed by atoms with Crippen LogP contribution in [0.15, 0.2) is 41.4 Å². The highest BCUT2D eigenvalue weighted by Gasteiger charge is 2.21. The highest BCUT2D eigenvalue weighted by molar-refractivity contribution is 8.02. The molecule has 0 bridgehead atoms. The molecule has 1 N–H and O–H groups in total. The Morgan fingerprint density at radius 1 is 1.40 bits per heavy atom. The first-order chi connectivity index (χ1) is 7.27. The van der Waals surface area contributed by atoms with Gasteiger partial charge in [-0.1, -0.05) is 30.3 Å². The molecule has 0 radical (unpaired) electrons. The molecule has 1 aliphatic heterocycles. The van der Waals surface area contributed by atoms with Crippen molar-refractivity contribution in [1.82, 2.24) is 4.90 Å². The van der Waals surface area contributed by atoms with Crippen LogP contribution in [0.25, 0.3) is 0 Å². The van der Waals surface area contributed by atoms with E-state index in [0.29, 0.717) is 12.2 Å². The van der Waals surface area contributed by atoms with E-state index in [1.807, 2.05) is 35.2 Å². The van der Waals surface area contributed by atoms with Crippen LogP contribution in [0.1, 0.15) is 5.56 Å². The van der Waals surface area contributed by atoms with Gasteiger partial charge in [-0.25, -0.2) is 4.79 Å². The molecular formula is C11H11NO2S. The summed E-state index contributed by atoms with van der Waals surface area (Å²) in [6, 6.07) is 9.88. The van der Waals surface area contributed by atoms with Gasteiger partial charge in [-0.15, -0.1) is 11.8 Å². The van der Waals surface area contributed by atoms with Crippen molar-refractivity contribution in [2.24, 2.45) is 0 Å². The predicted molar refractivity (Wildman–Crippen MR) is 60.2 cm³/mol. The van der Waals surface area contributed by atoms with E-state index in [4.69, 9.17) is 5.11 Å². The Hall–Kier alpha value is -1.42. The maximum absolute atomic E-state index is 10.9. The third-order valence-electron chi connectivity index (χ3n) is 2.20. The first kappa shape index (κ1) is 10.1. The largest absolute Gasteiger partial charge is 0.477 e. The zero-order valence-electron chi connectivity index (χ0n) is 8.09. The molecular weight excluding hydrogens is 210 g/mol. The molecule has 0 saturated heterocycles. The summed E-state index contributed by atoms with van der Waals surface area (Å²) < 4.78 is 0. The fourth-order valence-electron chi connectivity index (χ4n) is 1.47. The fraction of sp³-hybridized carbons (Fsp3) is 0.182. The number of carboxylic acid groups (broad SMARTS) is 1. The first-order valence-electron chi connectivity index (χ1n) is 4.61. The number of carbonyl (C=O) groups is 1. The number of rotatable bonds is 3. The Balaban J connectivity index is 2.08. The molecule has 1 aliphatic rings. The van der Waals surface area contributed by atoms with E-state index >= 15 is 0 Å². The average Bonchev–Trinajstić information content (AvgIpc) is 2.67. The highest BCUT2D eigenvalue weighted by atomic mass is 32.2. The normalized spacial score (nSPS) is 15.2. The van der Waals surface area contributed by atoms with Crippen LogP contribution in [0, 0.1) is 0 Å². The van der Waals surface area contributed by atoms with Crippen molar-refractivity contribution in [3.8, 4) is 0 Å². The Bertz CT molecular complexity index is 389. The summed E-state index contributed by atoms with van der Waals surface area (Å²) in [5, 5.41) is 10.6. The summed E-state index contributed by atoms with van der Waals surface area (Å²) in [7, 11) is 0. The van der Waals surface area contributed by atoms with Crippen molar-refractivity contribution < 1.29 is 9.90 Å². The number of carboxylic acids is 1. The highest BCUT2D eigenvalue weighted by Crippen LogP contribution is 2.25. The molecule has 3 nitrogen and oxygen atoms in total. The molecule has 0 aliphatic carbocycles. The van der Waals surface area contributed by atoms with Gasteiger partial charge in [0.2, 0.25) is 0 Å². The van der Waals surface area contributed by atoms with Gasteiger partial charge in [0.1, 0.15) is 5.70 Å². The molecule has 0 atom stereocenters. The summed E-state index contributed by atoms with van der Waals surface area (Å²) in [4.78, 5) is 12.7. The fourth-order valence-corrected chi connectivity index (χ4v) is 2.36. The van der Waals surface area contributed by atoms with Gasteiger partial charge in [-0.2, -0.15) is 0 Å². The molecule has 1 heterocycles. The van der Waals surface area contributed by atoms with Crippen LogP contribution < -0.4 is 0 Å². The molecule has 2 rings (SSSR count). The molecule has 0 spiro atoms. The summed E-state index contributed by atoms with van der Waals surface area (Å²) >= 11 is 1.52.